The smallest absolute Gasteiger partial charge is 0.325 e. The first-order valence-corrected chi connectivity index (χ1v) is 12.5. The van der Waals surface area contributed by atoms with Crippen LogP contribution in [0.5, 0.6) is 17.2 Å². The van der Waals surface area contributed by atoms with Crippen molar-refractivity contribution in [3.05, 3.63) is 64.7 Å². The van der Waals surface area contributed by atoms with Crippen molar-refractivity contribution in [2.75, 3.05) is 14.2 Å². The molecule has 9 nitrogen and oxygen atoms in total. The number of benzene rings is 2. The number of carbonyl (C=O) groups is 1. The highest BCUT2D eigenvalue weighted by atomic mass is 35.5. The van der Waals surface area contributed by atoms with E-state index >= 15 is 0 Å². The van der Waals surface area contributed by atoms with Gasteiger partial charge in [-0.3, -0.25) is 9.48 Å². The summed E-state index contributed by atoms with van der Waals surface area (Å²) in [6.45, 7) is -0.283. The van der Waals surface area contributed by atoms with Crippen LogP contribution in [0.25, 0.3) is 0 Å². The van der Waals surface area contributed by atoms with E-state index in [2.05, 4.69) is 5.10 Å². The quantitative estimate of drug-likeness (QED) is 0.469. The molecule has 0 radical (unpaired) electrons. The van der Waals surface area contributed by atoms with Crippen LogP contribution in [0, 0.1) is 5.82 Å². The lowest BCUT2D eigenvalue weighted by molar-refractivity contribution is -0.137. The molecule has 0 amide bonds. The second kappa shape index (κ2) is 9.84. The summed E-state index contributed by atoms with van der Waals surface area (Å²) >= 11 is 6.34. The first kappa shape index (κ1) is 25.0. The van der Waals surface area contributed by atoms with Crippen molar-refractivity contribution in [3.63, 3.8) is 0 Å². The molecule has 0 unspecified atom stereocenters. The lowest BCUT2D eigenvalue weighted by Crippen LogP contribution is -2.33. The van der Waals surface area contributed by atoms with Gasteiger partial charge < -0.3 is 14.6 Å². The van der Waals surface area contributed by atoms with E-state index in [0.717, 1.165) is 11.8 Å². The first-order valence-electron chi connectivity index (χ1n) is 10.7. The normalized spacial score (nSPS) is 15.6. The number of halogens is 2. The van der Waals surface area contributed by atoms with Crippen LogP contribution < -0.4 is 9.47 Å². The van der Waals surface area contributed by atoms with E-state index in [1.54, 1.807) is 0 Å². The molecular weight excluding hydrogens is 501 g/mol. The van der Waals surface area contributed by atoms with E-state index in [4.69, 9.17) is 26.2 Å². The third-order valence-electron chi connectivity index (χ3n) is 5.88. The Hall–Kier alpha value is -3.15. The van der Waals surface area contributed by atoms with Gasteiger partial charge in [0.25, 0.3) is 0 Å². The number of carboxylic acid groups (broad SMARTS) is 1. The molecule has 1 atom stereocenters. The summed E-state index contributed by atoms with van der Waals surface area (Å²) in [6.07, 6.45) is 3.42. The maximum Gasteiger partial charge on any atom is 0.325 e. The minimum Gasteiger partial charge on any atom is -0.493 e. The number of nitrogens with zero attached hydrogens (tertiary/aromatic N) is 3. The molecule has 35 heavy (non-hydrogen) atoms. The van der Waals surface area contributed by atoms with Gasteiger partial charge in [-0.1, -0.05) is 11.6 Å². The van der Waals surface area contributed by atoms with Crippen molar-refractivity contribution >= 4 is 27.6 Å². The number of aliphatic carboxylic acids is 1. The van der Waals surface area contributed by atoms with E-state index in [9.17, 15) is 17.6 Å². The van der Waals surface area contributed by atoms with Gasteiger partial charge in [-0.05, 0) is 49.6 Å². The van der Waals surface area contributed by atoms with Crippen molar-refractivity contribution in [1.29, 1.82) is 0 Å². The lowest BCUT2D eigenvalue weighted by atomic mass is 9.93. The zero-order valence-electron chi connectivity index (χ0n) is 18.9. The van der Waals surface area contributed by atoms with Crippen molar-refractivity contribution in [1.82, 2.24) is 14.1 Å². The molecule has 1 N–H and O–H groups in total. The van der Waals surface area contributed by atoms with Gasteiger partial charge in [-0.25, -0.2) is 12.8 Å². The van der Waals surface area contributed by atoms with Gasteiger partial charge in [0.2, 0.25) is 10.0 Å². The van der Waals surface area contributed by atoms with Crippen LogP contribution in [-0.2, 0) is 27.8 Å². The maximum absolute atomic E-state index is 13.5. The SMILES string of the molecule is COc1cc(F)ccc1Oc1ccc(S(=O)(=O)N(C)[C@@H]2CCCc3c2cnn3CC(=O)O)cc1Cl. The average Bonchev–Trinajstić information content (AvgIpc) is 3.23. The van der Waals surface area contributed by atoms with Crippen molar-refractivity contribution in [3.8, 4) is 17.2 Å². The lowest BCUT2D eigenvalue weighted by Gasteiger charge is -2.31. The summed E-state index contributed by atoms with van der Waals surface area (Å²) in [7, 11) is -1.11. The second-order valence-corrected chi connectivity index (χ2v) is 10.4. The predicted molar refractivity (Wildman–Crippen MR) is 125 cm³/mol. The number of hydrogen-bond acceptors (Lipinski definition) is 6. The molecule has 0 spiro atoms. The fourth-order valence-electron chi connectivity index (χ4n) is 4.14. The zero-order valence-corrected chi connectivity index (χ0v) is 20.5. The molecule has 186 valence electrons. The van der Waals surface area contributed by atoms with Crippen molar-refractivity contribution < 1.29 is 32.2 Å². The molecule has 0 bridgehead atoms. The molecule has 1 aromatic heterocycles. The molecule has 1 aliphatic carbocycles. The van der Waals surface area contributed by atoms with E-state index < -0.39 is 27.9 Å². The Morgan fingerprint density at radius 1 is 1.26 bits per heavy atom. The molecule has 0 saturated carbocycles. The van der Waals surface area contributed by atoms with E-state index in [0.29, 0.717) is 24.8 Å². The Kier molecular flexibility index (Phi) is 7.02. The number of fused-ring (bicyclic) bond motifs is 1. The summed E-state index contributed by atoms with van der Waals surface area (Å²) in [6, 6.07) is 7.34. The molecule has 12 heteroatoms. The van der Waals surface area contributed by atoms with Crippen molar-refractivity contribution in [2.45, 2.75) is 36.7 Å². The van der Waals surface area contributed by atoms with Crippen molar-refractivity contribution in [2.24, 2.45) is 0 Å². The van der Waals surface area contributed by atoms with Crippen LogP contribution in [0.3, 0.4) is 0 Å². The molecule has 0 aliphatic heterocycles. The fraction of sp³-hybridized carbons (Fsp3) is 0.304. The molecule has 1 aliphatic rings. The third kappa shape index (κ3) is 4.97. The zero-order chi connectivity index (χ0) is 25.3. The van der Waals surface area contributed by atoms with Crippen LogP contribution in [0.4, 0.5) is 4.39 Å². The summed E-state index contributed by atoms with van der Waals surface area (Å²) in [5.41, 5.74) is 1.42. The summed E-state index contributed by atoms with van der Waals surface area (Å²) in [5.74, 6) is -0.961. The minimum atomic E-state index is -3.96. The Balaban J connectivity index is 1.60. The van der Waals surface area contributed by atoms with Gasteiger partial charge in [-0.2, -0.15) is 9.40 Å². The molecule has 1 heterocycles. The molecule has 0 fully saturated rings. The monoisotopic (exact) mass is 523 g/mol. The number of rotatable bonds is 8. The Labute approximate surface area is 206 Å². The Morgan fingerprint density at radius 2 is 2.00 bits per heavy atom. The number of aromatic nitrogens is 2. The molecule has 4 rings (SSSR count). The molecule has 3 aromatic rings. The minimum absolute atomic E-state index is 0.0338. The highest BCUT2D eigenvalue weighted by Crippen LogP contribution is 2.39. The highest BCUT2D eigenvalue weighted by molar-refractivity contribution is 7.89. The van der Waals surface area contributed by atoms with Crippen LogP contribution in [0.1, 0.15) is 30.1 Å². The molecule has 2 aromatic carbocycles. The van der Waals surface area contributed by atoms with Gasteiger partial charge in [0.15, 0.2) is 11.5 Å². The highest BCUT2D eigenvalue weighted by Gasteiger charge is 2.34. The van der Waals surface area contributed by atoms with Crippen LogP contribution in [-0.4, -0.2) is 47.7 Å². The number of ether oxygens (including phenoxy) is 2. The summed E-state index contributed by atoms with van der Waals surface area (Å²) < 4.78 is 53.8. The van der Waals surface area contributed by atoms with E-state index in [-0.39, 0.29) is 33.7 Å². The largest absolute Gasteiger partial charge is 0.493 e. The number of carboxylic acids is 1. The van der Waals surface area contributed by atoms with Gasteiger partial charge in [0.1, 0.15) is 18.1 Å². The second-order valence-electron chi connectivity index (χ2n) is 8.02. The summed E-state index contributed by atoms with van der Waals surface area (Å²) in [5, 5.41) is 13.3. The van der Waals surface area contributed by atoms with Crippen LogP contribution in [0.15, 0.2) is 47.5 Å². The number of sulfonamides is 1. The van der Waals surface area contributed by atoms with Crippen LogP contribution >= 0.6 is 11.6 Å². The van der Waals surface area contributed by atoms with Gasteiger partial charge in [0, 0.05) is 24.4 Å². The first-order chi connectivity index (χ1) is 16.6. The van der Waals surface area contributed by atoms with Gasteiger partial charge in [-0.15, -0.1) is 0 Å². The van der Waals surface area contributed by atoms with E-state index in [1.165, 1.54) is 59.7 Å². The van der Waals surface area contributed by atoms with Crippen LogP contribution in [0.2, 0.25) is 5.02 Å². The number of hydrogen-bond donors (Lipinski definition) is 1. The van der Waals surface area contributed by atoms with E-state index in [1.807, 2.05) is 0 Å². The van der Waals surface area contributed by atoms with Gasteiger partial charge >= 0.3 is 5.97 Å². The maximum atomic E-state index is 13.5. The third-order valence-corrected chi connectivity index (χ3v) is 8.04. The predicted octanol–water partition coefficient (Wildman–Crippen LogP) is 4.26. The molecular formula is C23H23ClFN3O6S. The molecule has 0 saturated heterocycles. The Bertz CT molecular complexity index is 1380. The average molecular weight is 524 g/mol. The Morgan fingerprint density at radius 3 is 2.69 bits per heavy atom. The fourth-order valence-corrected chi connectivity index (χ4v) is 5.82. The topological polar surface area (TPSA) is 111 Å². The van der Waals surface area contributed by atoms with Gasteiger partial charge in [0.05, 0.1) is 29.3 Å². The standard InChI is InChI=1S/C23H23ClFN3O6S/c1-27(18-4-3-5-19-16(18)12-26-28(19)13-23(29)30)35(31,32)15-7-9-20(17(24)11-15)34-21-8-6-14(25)10-22(21)33-2/h6-12,18H,3-5,13H2,1-2H3,(H,29,30)/t18-/m1/s1. The number of methoxy groups -OCH3 is 1. The summed E-state index contributed by atoms with van der Waals surface area (Å²) in [4.78, 5) is 11.1.